The Morgan fingerprint density at radius 1 is 0.875 bits per heavy atom. The third-order valence-electron chi connectivity index (χ3n) is 7.10. The first-order valence-corrected chi connectivity index (χ1v) is 13.0. The van der Waals surface area contributed by atoms with Crippen molar-refractivity contribution in [2.24, 2.45) is 7.05 Å². The highest BCUT2D eigenvalue weighted by molar-refractivity contribution is 6.31. The van der Waals surface area contributed by atoms with Gasteiger partial charge < -0.3 is 5.11 Å². The number of rotatable bonds is 6. The fourth-order valence-corrected chi connectivity index (χ4v) is 5.30. The molecule has 9 heteroatoms. The van der Waals surface area contributed by atoms with E-state index in [1.54, 1.807) is 28.9 Å². The van der Waals surface area contributed by atoms with Gasteiger partial charge >= 0.3 is 11.7 Å². The number of carboxylic acids is 1. The van der Waals surface area contributed by atoms with Gasteiger partial charge in [-0.1, -0.05) is 84.4 Å². The zero-order valence-corrected chi connectivity index (χ0v) is 22.2. The molecule has 0 unspecified atom stereocenters. The van der Waals surface area contributed by atoms with Crippen LogP contribution in [0.5, 0.6) is 0 Å². The largest absolute Gasteiger partial charge is 0.478 e. The van der Waals surface area contributed by atoms with Gasteiger partial charge in [-0.3, -0.25) is 18.6 Å². The van der Waals surface area contributed by atoms with Gasteiger partial charge in [-0.2, -0.15) is 5.10 Å². The molecule has 0 radical (unpaired) electrons. The summed E-state index contributed by atoms with van der Waals surface area (Å²) < 4.78 is 4.16. The highest BCUT2D eigenvalue weighted by Gasteiger charge is 2.24. The smallest absolute Gasteiger partial charge is 0.335 e. The van der Waals surface area contributed by atoms with E-state index in [4.69, 9.17) is 16.7 Å². The summed E-state index contributed by atoms with van der Waals surface area (Å²) in [5.74, 6) is -1.09. The molecule has 8 nitrogen and oxygen atoms in total. The second-order valence-electron chi connectivity index (χ2n) is 9.55. The van der Waals surface area contributed by atoms with E-state index < -0.39 is 17.2 Å². The second-order valence-corrected chi connectivity index (χ2v) is 9.96. The number of carboxylic acid groups (broad SMARTS) is 1. The maximum Gasteiger partial charge on any atom is 0.335 e. The molecular weight excluding hydrogens is 528 g/mol. The molecule has 0 aliphatic heterocycles. The number of halogens is 1. The number of hydrogen-bond donors (Lipinski definition) is 1. The molecule has 0 aliphatic carbocycles. The minimum Gasteiger partial charge on any atom is -0.478 e. The van der Waals surface area contributed by atoms with Crippen LogP contribution in [0.1, 0.15) is 21.5 Å². The molecule has 4 aromatic carbocycles. The van der Waals surface area contributed by atoms with E-state index >= 15 is 0 Å². The van der Waals surface area contributed by atoms with Crippen LogP contribution < -0.4 is 11.2 Å². The monoisotopic (exact) mass is 550 g/mol. The van der Waals surface area contributed by atoms with E-state index in [0.29, 0.717) is 21.8 Å². The molecule has 0 saturated carbocycles. The van der Waals surface area contributed by atoms with E-state index in [1.165, 1.54) is 23.7 Å². The molecule has 2 heterocycles. The van der Waals surface area contributed by atoms with E-state index in [-0.39, 0.29) is 29.7 Å². The van der Waals surface area contributed by atoms with Gasteiger partial charge in [0.05, 0.1) is 24.3 Å². The summed E-state index contributed by atoms with van der Waals surface area (Å²) in [6.45, 7) is 0.384. The standard InChI is InChI=1S/C31H23ClN4O4/c1-34-29(37)26-27(20-11-7-12-21(16-20)30(38)39)36(18-22-13-6-10-19-8-2-4-14-24(19)22)33-28(26)35(31(34)40)17-23-9-3-5-15-25(23)32/h2-16H,17-18H2,1H3,(H,38,39). The molecule has 0 amide bonds. The SMILES string of the molecule is Cn1c(=O)c2c(-c3cccc(C(=O)O)c3)n(Cc3cccc4ccccc34)nc2n(Cc2ccccc2Cl)c1=O. The van der Waals surface area contributed by atoms with Gasteiger partial charge in [-0.05, 0) is 40.1 Å². The number of fused-ring (bicyclic) bond motifs is 2. The Hall–Kier alpha value is -4.95. The van der Waals surface area contributed by atoms with Gasteiger partial charge in [0.1, 0.15) is 5.39 Å². The number of aromatic nitrogens is 4. The molecular formula is C31H23ClN4O4. The second kappa shape index (κ2) is 9.98. The lowest BCUT2D eigenvalue weighted by atomic mass is 10.0. The molecule has 0 atom stereocenters. The van der Waals surface area contributed by atoms with Gasteiger partial charge in [0, 0.05) is 17.6 Å². The van der Waals surface area contributed by atoms with Crippen LogP contribution in [0.15, 0.2) is 101 Å². The van der Waals surface area contributed by atoms with Crippen molar-refractivity contribution in [2.45, 2.75) is 13.1 Å². The van der Waals surface area contributed by atoms with Crippen molar-refractivity contribution in [2.75, 3.05) is 0 Å². The lowest BCUT2D eigenvalue weighted by Gasteiger charge is -2.11. The summed E-state index contributed by atoms with van der Waals surface area (Å²) in [5, 5.41) is 17.3. The normalized spacial score (nSPS) is 11.3. The van der Waals surface area contributed by atoms with Crippen LogP contribution >= 0.6 is 11.6 Å². The first kappa shape index (κ1) is 25.3. The number of hydrogen-bond acceptors (Lipinski definition) is 4. The van der Waals surface area contributed by atoms with Gasteiger partial charge in [-0.15, -0.1) is 0 Å². The van der Waals surface area contributed by atoms with Gasteiger partial charge in [0.2, 0.25) is 0 Å². The van der Waals surface area contributed by atoms with Crippen LogP contribution in [0.25, 0.3) is 33.1 Å². The Bertz CT molecular complexity index is 2070. The highest BCUT2D eigenvalue weighted by atomic mass is 35.5. The molecule has 1 N–H and O–H groups in total. The quantitative estimate of drug-likeness (QED) is 0.309. The molecule has 6 rings (SSSR count). The molecule has 0 aliphatic rings. The van der Waals surface area contributed by atoms with Gasteiger partial charge in [0.15, 0.2) is 5.65 Å². The maximum absolute atomic E-state index is 13.7. The van der Waals surface area contributed by atoms with Crippen LogP contribution in [-0.4, -0.2) is 30.0 Å². The average molecular weight is 551 g/mol. The first-order chi connectivity index (χ1) is 19.3. The van der Waals surface area contributed by atoms with Crippen molar-refractivity contribution in [3.63, 3.8) is 0 Å². The fraction of sp³-hybridized carbons (Fsp3) is 0.0968. The summed E-state index contributed by atoms with van der Waals surface area (Å²) >= 11 is 6.43. The Kier molecular flexibility index (Phi) is 6.32. The zero-order chi connectivity index (χ0) is 28.0. The van der Waals surface area contributed by atoms with E-state index in [0.717, 1.165) is 20.9 Å². The molecule has 40 heavy (non-hydrogen) atoms. The van der Waals surface area contributed by atoms with E-state index in [9.17, 15) is 19.5 Å². The topological polar surface area (TPSA) is 99.1 Å². The van der Waals surface area contributed by atoms with Crippen LogP contribution in [-0.2, 0) is 20.1 Å². The van der Waals surface area contributed by atoms with Gasteiger partial charge in [-0.25, -0.2) is 9.59 Å². The molecule has 0 spiro atoms. The average Bonchev–Trinajstić information content (AvgIpc) is 3.34. The summed E-state index contributed by atoms with van der Waals surface area (Å²) in [6.07, 6.45) is 0. The first-order valence-electron chi connectivity index (χ1n) is 12.6. The molecule has 198 valence electrons. The number of benzene rings is 4. The van der Waals surface area contributed by atoms with E-state index in [1.807, 2.05) is 54.6 Å². The maximum atomic E-state index is 13.7. The Morgan fingerprint density at radius 2 is 1.57 bits per heavy atom. The number of carbonyl (C=O) groups is 1. The molecule has 2 aromatic heterocycles. The minimum atomic E-state index is -1.09. The lowest BCUT2D eigenvalue weighted by Crippen LogP contribution is -2.38. The predicted molar refractivity (Wildman–Crippen MR) is 155 cm³/mol. The fourth-order valence-electron chi connectivity index (χ4n) is 5.10. The van der Waals surface area contributed by atoms with Crippen molar-refractivity contribution in [3.8, 4) is 11.3 Å². The lowest BCUT2D eigenvalue weighted by molar-refractivity contribution is 0.0697. The summed E-state index contributed by atoms with van der Waals surface area (Å²) in [4.78, 5) is 38.9. The third kappa shape index (κ3) is 4.28. The highest BCUT2D eigenvalue weighted by Crippen LogP contribution is 2.30. The van der Waals surface area contributed by atoms with Crippen LogP contribution in [0, 0.1) is 0 Å². The Labute approximate surface area is 232 Å². The predicted octanol–water partition coefficient (Wildman–Crippen LogP) is 5.17. The molecule has 0 bridgehead atoms. The summed E-state index contributed by atoms with van der Waals surface area (Å²) in [5.41, 5.74) is 1.81. The zero-order valence-electron chi connectivity index (χ0n) is 21.4. The van der Waals surface area contributed by atoms with Gasteiger partial charge in [0.25, 0.3) is 5.56 Å². The van der Waals surface area contributed by atoms with Crippen molar-refractivity contribution >= 4 is 39.4 Å². The third-order valence-corrected chi connectivity index (χ3v) is 7.46. The summed E-state index contributed by atoms with van der Waals surface area (Å²) in [7, 11) is 1.42. The number of aromatic carboxylic acids is 1. The molecule has 6 aromatic rings. The van der Waals surface area contributed by atoms with Crippen LogP contribution in [0.3, 0.4) is 0 Å². The number of nitrogens with zero attached hydrogens (tertiary/aromatic N) is 4. The van der Waals surface area contributed by atoms with E-state index in [2.05, 4.69) is 0 Å². The van der Waals surface area contributed by atoms with Crippen molar-refractivity contribution in [3.05, 3.63) is 134 Å². The van der Waals surface area contributed by atoms with Crippen molar-refractivity contribution in [1.29, 1.82) is 0 Å². The molecule has 0 saturated heterocycles. The minimum absolute atomic E-state index is 0.0739. The summed E-state index contributed by atoms with van der Waals surface area (Å²) in [6, 6.07) is 27.5. The van der Waals surface area contributed by atoms with Crippen molar-refractivity contribution < 1.29 is 9.90 Å². The Morgan fingerprint density at radius 3 is 2.38 bits per heavy atom. The Balaban J connectivity index is 1.67. The molecule has 0 fully saturated rings. The van der Waals surface area contributed by atoms with Crippen LogP contribution in [0.2, 0.25) is 5.02 Å². The van der Waals surface area contributed by atoms with Crippen molar-refractivity contribution in [1.82, 2.24) is 18.9 Å². The van der Waals surface area contributed by atoms with Crippen LogP contribution in [0.4, 0.5) is 0 Å².